The van der Waals surface area contributed by atoms with Gasteiger partial charge in [-0.2, -0.15) is 0 Å². The number of esters is 1. The van der Waals surface area contributed by atoms with Crippen molar-refractivity contribution in [1.82, 2.24) is 10.6 Å². The molecule has 0 spiro atoms. The molecule has 0 aliphatic heterocycles. The van der Waals surface area contributed by atoms with Gasteiger partial charge in [0.2, 0.25) is 11.8 Å². The average Bonchev–Trinajstić information content (AvgIpc) is 2.50. The lowest BCUT2D eigenvalue weighted by atomic mass is 10.0. The largest absolute Gasteiger partial charge is 0.468 e. The minimum Gasteiger partial charge on any atom is -0.468 e. The van der Waals surface area contributed by atoms with Crippen LogP contribution in [0.1, 0.15) is 19.4 Å². The molecule has 0 fully saturated rings. The Balaban J connectivity index is 2.58. The van der Waals surface area contributed by atoms with Crippen LogP contribution >= 0.6 is 0 Å². The molecule has 1 rings (SSSR count). The number of methoxy groups -OCH3 is 1. The summed E-state index contributed by atoms with van der Waals surface area (Å²) in [6.45, 7) is 3.43. The highest BCUT2D eigenvalue weighted by atomic mass is 16.5. The molecule has 6 nitrogen and oxygen atoms in total. The fourth-order valence-corrected chi connectivity index (χ4v) is 1.88. The Morgan fingerprint density at radius 2 is 1.77 bits per heavy atom. The van der Waals surface area contributed by atoms with Crippen molar-refractivity contribution in [2.45, 2.75) is 26.3 Å². The maximum atomic E-state index is 12.1. The second kappa shape index (κ2) is 8.81. The van der Waals surface area contributed by atoms with Crippen LogP contribution in [0.4, 0.5) is 0 Å². The lowest BCUT2D eigenvalue weighted by Crippen LogP contribution is -2.51. The number of ether oxygens (including phenoxy) is 1. The van der Waals surface area contributed by atoms with Crippen LogP contribution in [-0.4, -0.2) is 37.5 Å². The number of carbonyl (C=O) groups is 3. The summed E-state index contributed by atoms with van der Waals surface area (Å²) in [5.41, 5.74) is 0.873. The fraction of sp³-hybridized carbons (Fsp3) is 0.438. The van der Waals surface area contributed by atoms with E-state index in [-0.39, 0.29) is 24.8 Å². The molecule has 0 bridgehead atoms. The average molecular weight is 306 g/mol. The Morgan fingerprint density at radius 1 is 1.14 bits per heavy atom. The van der Waals surface area contributed by atoms with E-state index in [1.165, 1.54) is 7.11 Å². The molecule has 0 aliphatic rings. The van der Waals surface area contributed by atoms with Gasteiger partial charge in [-0.1, -0.05) is 44.2 Å². The summed E-state index contributed by atoms with van der Waals surface area (Å²) in [5.74, 6) is -1.27. The van der Waals surface area contributed by atoms with Crippen LogP contribution < -0.4 is 10.6 Å². The van der Waals surface area contributed by atoms with Gasteiger partial charge in [0.05, 0.1) is 13.5 Å². The van der Waals surface area contributed by atoms with E-state index in [9.17, 15) is 14.4 Å². The van der Waals surface area contributed by atoms with Crippen molar-refractivity contribution in [2.24, 2.45) is 5.92 Å². The van der Waals surface area contributed by atoms with Crippen LogP contribution in [0.3, 0.4) is 0 Å². The molecule has 1 aromatic carbocycles. The van der Waals surface area contributed by atoms with Crippen molar-refractivity contribution in [3.8, 4) is 0 Å². The molecule has 1 atom stereocenters. The standard InChI is InChI=1S/C16H22N2O4/c1-11(2)15(16(21)17-10-14(20)22-3)18-13(19)9-12-7-5-4-6-8-12/h4-8,11,15H,9-10H2,1-3H3,(H,17,21)(H,18,19). The van der Waals surface area contributed by atoms with E-state index < -0.39 is 17.9 Å². The lowest BCUT2D eigenvalue weighted by molar-refractivity contribution is -0.141. The van der Waals surface area contributed by atoms with Crippen LogP contribution in [0.15, 0.2) is 30.3 Å². The number of benzene rings is 1. The van der Waals surface area contributed by atoms with E-state index in [2.05, 4.69) is 15.4 Å². The van der Waals surface area contributed by atoms with E-state index in [0.29, 0.717) is 0 Å². The second-order valence-electron chi connectivity index (χ2n) is 5.25. The number of amides is 2. The number of rotatable bonds is 7. The summed E-state index contributed by atoms with van der Waals surface area (Å²) >= 11 is 0. The molecule has 1 unspecified atom stereocenters. The Labute approximate surface area is 130 Å². The molecular weight excluding hydrogens is 284 g/mol. The van der Waals surface area contributed by atoms with Gasteiger partial charge in [0.1, 0.15) is 12.6 Å². The molecule has 22 heavy (non-hydrogen) atoms. The number of nitrogens with one attached hydrogen (secondary N) is 2. The first-order valence-corrected chi connectivity index (χ1v) is 7.12. The summed E-state index contributed by atoms with van der Waals surface area (Å²) in [7, 11) is 1.25. The van der Waals surface area contributed by atoms with Crippen LogP contribution in [0.2, 0.25) is 0 Å². The van der Waals surface area contributed by atoms with Gasteiger partial charge in [-0.25, -0.2) is 0 Å². The predicted molar refractivity (Wildman–Crippen MR) is 81.9 cm³/mol. The first-order valence-electron chi connectivity index (χ1n) is 7.12. The van der Waals surface area contributed by atoms with Gasteiger partial charge in [-0.3, -0.25) is 14.4 Å². The smallest absolute Gasteiger partial charge is 0.325 e. The first kappa shape index (κ1) is 17.7. The Hall–Kier alpha value is -2.37. The number of hydrogen-bond acceptors (Lipinski definition) is 4. The summed E-state index contributed by atoms with van der Waals surface area (Å²) in [6, 6.07) is 8.58. The van der Waals surface area contributed by atoms with E-state index in [1.807, 2.05) is 44.2 Å². The van der Waals surface area contributed by atoms with Gasteiger partial charge in [0.15, 0.2) is 0 Å². The molecule has 0 aromatic heterocycles. The van der Waals surface area contributed by atoms with Crippen LogP contribution in [0.25, 0.3) is 0 Å². The Morgan fingerprint density at radius 3 is 2.32 bits per heavy atom. The molecule has 0 radical (unpaired) electrons. The molecule has 0 saturated carbocycles. The van der Waals surface area contributed by atoms with E-state index in [0.717, 1.165) is 5.56 Å². The van der Waals surface area contributed by atoms with Gasteiger partial charge in [-0.15, -0.1) is 0 Å². The zero-order valence-electron chi connectivity index (χ0n) is 13.1. The minimum atomic E-state index is -0.694. The quantitative estimate of drug-likeness (QED) is 0.725. The highest BCUT2D eigenvalue weighted by molar-refractivity contribution is 5.90. The van der Waals surface area contributed by atoms with Gasteiger partial charge < -0.3 is 15.4 Å². The molecule has 6 heteroatoms. The highest BCUT2D eigenvalue weighted by Crippen LogP contribution is 2.04. The molecule has 2 amide bonds. The lowest BCUT2D eigenvalue weighted by Gasteiger charge is -2.21. The van der Waals surface area contributed by atoms with Crippen molar-refractivity contribution in [3.63, 3.8) is 0 Å². The molecule has 1 aromatic rings. The normalized spacial score (nSPS) is 11.6. The molecule has 0 saturated heterocycles. The highest BCUT2D eigenvalue weighted by Gasteiger charge is 2.24. The Bertz CT molecular complexity index is 514. The zero-order chi connectivity index (χ0) is 16.5. The predicted octanol–water partition coefficient (Wildman–Crippen LogP) is 0.659. The zero-order valence-corrected chi connectivity index (χ0v) is 13.1. The number of carbonyl (C=O) groups excluding carboxylic acids is 3. The third-order valence-electron chi connectivity index (χ3n) is 3.11. The van der Waals surface area contributed by atoms with Gasteiger partial charge in [0, 0.05) is 0 Å². The maximum Gasteiger partial charge on any atom is 0.325 e. The minimum absolute atomic E-state index is 0.0997. The third-order valence-corrected chi connectivity index (χ3v) is 3.11. The van der Waals surface area contributed by atoms with E-state index in [1.54, 1.807) is 0 Å². The topological polar surface area (TPSA) is 84.5 Å². The van der Waals surface area contributed by atoms with Crippen molar-refractivity contribution in [3.05, 3.63) is 35.9 Å². The van der Waals surface area contributed by atoms with Crippen molar-refractivity contribution in [2.75, 3.05) is 13.7 Å². The summed E-state index contributed by atoms with van der Waals surface area (Å²) < 4.78 is 4.46. The van der Waals surface area contributed by atoms with E-state index >= 15 is 0 Å². The third kappa shape index (κ3) is 5.95. The summed E-state index contributed by atoms with van der Waals surface area (Å²) in [6.07, 6.45) is 0.203. The molecular formula is C16H22N2O4. The van der Waals surface area contributed by atoms with Crippen LogP contribution in [0, 0.1) is 5.92 Å². The monoisotopic (exact) mass is 306 g/mol. The number of hydrogen-bond donors (Lipinski definition) is 2. The van der Waals surface area contributed by atoms with Gasteiger partial charge >= 0.3 is 5.97 Å². The molecule has 0 heterocycles. The Kier molecular flexibility index (Phi) is 7.08. The van der Waals surface area contributed by atoms with Crippen molar-refractivity contribution >= 4 is 17.8 Å². The fourth-order valence-electron chi connectivity index (χ4n) is 1.88. The second-order valence-corrected chi connectivity index (χ2v) is 5.25. The molecule has 0 aliphatic carbocycles. The molecule has 2 N–H and O–H groups in total. The van der Waals surface area contributed by atoms with Gasteiger partial charge in [-0.05, 0) is 11.5 Å². The first-order chi connectivity index (χ1) is 10.4. The van der Waals surface area contributed by atoms with Crippen LogP contribution in [0.5, 0.6) is 0 Å². The SMILES string of the molecule is COC(=O)CNC(=O)C(NC(=O)Cc1ccccc1)C(C)C. The summed E-state index contributed by atoms with van der Waals surface area (Å²) in [4.78, 5) is 35.2. The maximum absolute atomic E-state index is 12.1. The molecule has 120 valence electrons. The van der Waals surface area contributed by atoms with Crippen molar-refractivity contribution < 1.29 is 19.1 Å². The van der Waals surface area contributed by atoms with Crippen LogP contribution in [-0.2, 0) is 25.5 Å². The van der Waals surface area contributed by atoms with Gasteiger partial charge in [0.25, 0.3) is 0 Å². The summed E-state index contributed by atoms with van der Waals surface area (Å²) in [5, 5.41) is 5.16. The van der Waals surface area contributed by atoms with E-state index in [4.69, 9.17) is 0 Å². The van der Waals surface area contributed by atoms with Crippen molar-refractivity contribution in [1.29, 1.82) is 0 Å².